The van der Waals surface area contributed by atoms with E-state index in [9.17, 15) is 9.59 Å². The van der Waals surface area contributed by atoms with Gasteiger partial charge in [-0.25, -0.2) is 4.98 Å². The summed E-state index contributed by atoms with van der Waals surface area (Å²) < 4.78 is 6.99. The Hall–Kier alpha value is -1.93. The largest absolute Gasteiger partial charge is 0.378 e. The van der Waals surface area contributed by atoms with Crippen molar-refractivity contribution in [3.8, 4) is 0 Å². The molecular formula is C14H21N5O3. The summed E-state index contributed by atoms with van der Waals surface area (Å²) in [6.45, 7) is 3.80. The van der Waals surface area contributed by atoms with Gasteiger partial charge in [0.15, 0.2) is 5.82 Å². The second kappa shape index (κ2) is 6.45. The number of rotatable bonds is 3. The quantitative estimate of drug-likeness (QED) is 0.775. The van der Waals surface area contributed by atoms with E-state index in [2.05, 4.69) is 10.3 Å². The Labute approximate surface area is 128 Å². The van der Waals surface area contributed by atoms with E-state index in [1.807, 2.05) is 0 Å². The predicted molar refractivity (Wildman–Crippen MR) is 78.6 cm³/mol. The van der Waals surface area contributed by atoms with Gasteiger partial charge in [-0.1, -0.05) is 0 Å². The van der Waals surface area contributed by atoms with Gasteiger partial charge in [-0.3, -0.25) is 9.59 Å². The van der Waals surface area contributed by atoms with Gasteiger partial charge in [0, 0.05) is 25.7 Å². The molecule has 1 atom stereocenters. The Bertz CT molecular complexity index is 559. The molecule has 0 saturated carbocycles. The number of piperidine rings is 1. The molecule has 22 heavy (non-hydrogen) atoms. The number of nitrogens with two attached hydrogens (primary N) is 1. The molecule has 8 heteroatoms. The molecule has 2 fully saturated rings. The standard InChI is InChI=1S/C14H21N5O3/c15-12(20)11-9-17-13(14(21)18-4-6-22-7-5-18)19(11)10-2-1-3-16-8-10/h9-10,16H,1-8H2,(H2,15,20). The average molecular weight is 307 g/mol. The van der Waals surface area contributed by atoms with Gasteiger partial charge in [0.25, 0.3) is 11.8 Å². The van der Waals surface area contributed by atoms with Gasteiger partial charge in [0.2, 0.25) is 0 Å². The van der Waals surface area contributed by atoms with Crippen LogP contribution in [0.1, 0.15) is 40.0 Å². The fourth-order valence-corrected chi connectivity index (χ4v) is 3.03. The topological polar surface area (TPSA) is 102 Å². The van der Waals surface area contributed by atoms with E-state index < -0.39 is 5.91 Å². The van der Waals surface area contributed by atoms with Crippen molar-refractivity contribution < 1.29 is 14.3 Å². The number of hydrogen-bond acceptors (Lipinski definition) is 5. The van der Waals surface area contributed by atoms with Crippen LogP contribution in [0, 0.1) is 0 Å². The van der Waals surface area contributed by atoms with Gasteiger partial charge in [0.05, 0.1) is 19.4 Å². The number of carbonyl (C=O) groups excluding carboxylic acids is 2. The first-order valence-electron chi connectivity index (χ1n) is 7.63. The summed E-state index contributed by atoms with van der Waals surface area (Å²) in [7, 11) is 0. The van der Waals surface area contributed by atoms with E-state index in [0.717, 1.165) is 19.4 Å². The molecule has 120 valence electrons. The molecule has 1 aromatic rings. The highest BCUT2D eigenvalue weighted by molar-refractivity contribution is 5.95. The molecule has 0 aromatic carbocycles. The fourth-order valence-electron chi connectivity index (χ4n) is 3.03. The second-order valence-electron chi connectivity index (χ2n) is 5.61. The van der Waals surface area contributed by atoms with Crippen molar-refractivity contribution in [1.29, 1.82) is 0 Å². The highest BCUT2D eigenvalue weighted by Gasteiger charge is 2.29. The maximum atomic E-state index is 12.7. The van der Waals surface area contributed by atoms with E-state index >= 15 is 0 Å². The number of morpholine rings is 1. The summed E-state index contributed by atoms with van der Waals surface area (Å²) in [5, 5.41) is 3.29. The van der Waals surface area contributed by atoms with Gasteiger partial charge < -0.3 is 25.3 Å². The summed E-state index contributed by atoms with van der Waals surface area (Å²) in [5.74, 6) is -0.426. The highest BCUT2D eigenvalue weighted by atomic mass is 16.5. The van der Waals surface area contributed by atoms with E-state index in [1.165, 1.54) is 6.20 Å². The Morgan fingerprint density at radius 1 is 1.36 bits per heavy atom. The smallest absolute Gasteiger partial charge is 0.290 e. The van der Waals surface area contributed by atoms with Crippen molar-refractivity contribution in [3.63, 3.8) is 0 Å². The maximum absolute atomic E-state index is 12.7. The molecule has 0 spiro atoms. The number of imidazole rings is 1. The van der Waals surface area contributed by atoms with Crippen LogP contribution in [0.3, 0.4) is 0 Å². The number of nitrogens with one attached hydrogen (secondary N) is 1. The molecule has 2 aliphatic rings. The van der Waals surface area contributed by atoms with Gasteiger partial charge >= 0.3 is 0 Å². The summed E-state index contributed by atoms with van der Waals surface area (Å²) in [6.07, 6.45) is 3.30. The van der Waals surface area contributed by atoms with Crippen molar-refractivity contribution in [1.82, 2.24) is 19.8 Å². The molecule has 2 amide bonds. The van der Waals surface area contributed by atoms with Crippen molar-refractivity contribution in [3.05, 3.63) is 17.7 Å². The number of nitrogens with zero attached hydrogens (tertiary/aromatic N) is 3. The average Bonchev–Trinajstić information content (AvgIpc) is 3.01. The molecule has 3 rings (SSSR count). The number of carbonyl (C=O) groups is 2. The molecule has 3 heterocycles. The zero-order valence-corrected chi connectivity index (χ0v) is 12.5. The number of amides is 2. The number of hydrogen-bond donors (Lipinski definition) is 2. The minimum Gasteiger partial charge on any atom is -0.378 e. The van der Waals surface area contributed by atoms with Crippen LogP contribution < -0.4 is 11.1 Å². The number of primary amides is 1. The molecule has 0 bridgehead atoms. The van der Waals surface area contributed by atoms with Crippen molar-refractivity contribution >= 4 is 11.8 Å². The zero-order chi connectivity index (χ0) is 15.5. The molecule has 2 aliphatic heterocycles. The lowest BCUT2D eigenvalue weighted by atomic mass is 10.1. The number of ether oxygens (including phenoxy) is 1. The second-order valence-corrected chi connectivity index (χ2v) is 5.61. The van der Waals surface area contributed by atoms with Crippen LogP contribution in [0.5, 0.6) is 0 Å². The third kappa shape index (κ3) is 2.84. The number of aromatic nitrogens is 2. The zero-order valence-electron chi connectivity index (χ0n) is 12.5. The normalized spacial score (nSPS) is 22.5. The summed E-state index contributed by atoms with van der Waals surface area (Å²) >= 11 is 0. The Kier molecular flexibility index (Phi) is 4.39. The molecule has 3 N–H and O–H groups in total. The van der Waals surface area contributed by atoms with Crippen LogP contribution in [0.15, 0.2) is 6.20 Å². The highest BCUT2D eigenvalue weighted by Crippen LogP contribution is 2.22. The lowest BCUT2D eigenvalue weighted by Gasteiger charge is -2.30. The molecule has 0 radical (unpaired) electrons. The van der Waals surface area contributed by atoms with E-state index in [1.54, 1.807) is 9.47 Å². The first kappa shape index (κ1) is 15.0. The molecule has 1 aromatic heterocycles. The van der Waals surface area contributed by atoms with Crippen LogP contribution in [-0.2, 0) is 4.74 Å². The van der Waals surface area contributed by atoms with Crippen LogP contribution in [0.4, 0.5) is 0 Å². The third-order valence-electron chi connectivity index (χ3n) is 4.17. The lowest BCUT2D eigenvalue weighted by molar-refractivity contribution is 0.0289. The summed E-state index contributed by atoms with van der Waals surface area (Å²) in [5.41, 5.74) is 5.74. The van der Waals surface area contributed by atoms with Crippen molar-refractivity contribution in [2.45, 2.75) is 18.9 Å². The van der Waals surface area contributed by atoms with E-state index in [0.29, 0.717) is 44.4 Å². The Balaban J connectivity index is 1.92. The van der Waals surface area contributed by atoms with Crippen molar-refractivity contribution in [2.24, 2.45) is 5.73 Å². The molecule has 2 saturated heterocycles. The first-order valence-corrected chi connectivity index (χ1v) is 7.63. The van der Waals surface area contributed by atoms with Crippen LogP contribution in [0.2, 0.25) is 0 Å². The summed E-state index contributed by atoms with van der Waals surface area (Å²) in [6, 6.07) is 0.0266. The van der Waals surface area contributed by atoms with E-state index in [-0.39, 0.29) is 11.9 Å². The Morgan fingerprint density at radius 2 is 2.14 bits per heavy atom. The molecule has 8 nitrogen and oxygen atoms in total. The van der Waals surface area contributed by atoms with Gasteiger partial charge in [-0.2, -0.15) is 0 Å². The van der Waals surface area contributed by atoms with Crippen LogP contribution >= 0.6 is 0 Å². The fraction of sp³-hybridized carbons (Fsp3) is 0.643. The Morgan fingerprint density at radius 3 is 2.77 bits per heavy atom. The third-order valence-corrected chi connectivity index (χ3v) is 4.17. The van der Waals surface area contributed by atoms with Crippen LogP contribution in [-0.4, -0.2) is 65.7 Å². The van der Waals surface area contributed by atoms with Gasteiger partial charge in [-0.15, -0.1) is 0 Å². The van der Waals surface area contributed by atoms with Crippen LogP contribution in [0.25, 0.3) is 0 Å². The van der Waals surface area contributed by atoms with Gasteiger partial charge in [0.1, 0.15) is 5.69 Å². The van der Waals surface area contributed by atoms with E-state index in [4.69, 9.17) is 10.5 Å². The maximum Gasteiger partial charge on any atom is 0.290 e. The predicted octanol–water partition coefficient (Wildman–Crippen LogP) is -0.621. The van der Waals surface area contributed by atoms with Gasteiger partial charge in [-0.05, 0) is 19.4 Å². The summed E-state index contributed by atoms with van der Waals surface area (Å²) in [4.78, 5) is 30.3. The molecular weight excluding hydrogens is 286 g/mol. The molecule has 0 aliphatic carbocycles. The lowest BCUT2D eigenvalue weighted by Crippen LogP contribution is -2.43. The minimum absolute atomic E-state index is 0.0266. The first-order chi connectivity index (χ1) is 10.7. The monoisotopic (exact) mass is 307 g/mol. The SMILES string of the molecule is NC(=O)c1cnc(C(=O)N2CCOCC2)n1C1CCCNC1. The molecule has 1 unspecified atom stereocenters. The minimum atomic E-state index is -0.556. The van der Waals surface area contributed by atoms with Crippen molar-refractivity contribution in [2.75, 3.05) is 39.4 Å².